The number of aliphatic hydroxyl groups excluding tert-OH is 1. The van der Waals surface area contributed by atoms with Crippen LogP contribution in [0.25, 0.3) is 0 Å². The number of anilines is 2. The lowest BCUT2D eigenvalue weighted by molar-refractivity contribution is 0.171. The van der Waals surface area contributed by atoms with Gasteiger partial charge in [0.15, 0.2) is 0 Å². The molecule has 0 atom stereocenters. The Morgan fingerprint density at radius 1 is 1.39 bits per heavy atom. The van der Waals surface area contributed by atoms with Gasteiger partial charge in [-0.25, -0.2) is 0 Å². The third kappa shape index (κ3) is 4.11. The van der Waals surface area contributed by atoms with Gasteiger partial charge in [-0.15, -0.1) is 0 Å². The number of para-hydroxylation sites is 1. The molecule has 4 nitrogen and oxygen atoms in total. The molecule has 4 heteroatoms. The highest BCUT2D eigenvalue weighted by molar-refractivity contribution is 5.72. The predicted molar refractivity (Wildman–Crippen MR) is 76.0 cm³/mol. The second-order valence-electron chi connectivity index (χ2n) is 5.24. The third-order valence-electron chi connectivity index (χ3n) is 2.71. The standard InChI is InChI=1S/C14H24N2O2/c1-4-8-18-12-7-5-6-11(13(12)15)16-9-14(2,3)10-17/h5-7,16-17H,4,8-10,15H2,1-3H3. The zero-order chi connectivity index (χ0) is 13.6. The molecule has 0 heterocycles. The van der Waals surface area contributed by atoms with Gasteiger partial charge in [0.05, 0.1) is 18.0 Å². The minimum Gasteiger partial charge on any atom is -0.491 e. The van der Waals surface area contributed by atoms with E-state index in [1.165, 1.54) is 0 Å². The summed E-state index contributed by atoms with van der Waals surface area (Å²) >= 11 is 0. The van der Waals surface area contributed by atoms with Crippen molar-refractivity contribution in [1.29, 1.82) is 0 Å². The van der Waals surface area contributed by atoms with Gasteiger partial charge >= 0.3 is 0 Å². The molecule has 0 radical (unpaired) electrons. The lowest BCUT2D eigenvalue weighted by atomic mass is 9.95. The van der Waals surface area contributed by atoms with Crippen LogP contribution < -0.4 is 15.8 Å². The van der Waals surface area contributed by atoms with E-state index in [0.29, 0.717) is 24.6 Å². The minimum atomic E-state index is -0.174. The molecule has 1 rings (SSSR count). The molecule has 0 fully saturated rings. The fourth-order valence-corrected chi connectivity index (χ4v) is 1.43. The summed E-state index contributed by atoms with van der Waals surface area (Å²) in [6.45, 7) is 7.50. The van der Waals surface area contributed by atoms with E-state index in [9.17, 15) is 5.11 Å². The number of nitrogen functional groups attached to an aromatic ring is 1. The van der Waals surface area contributed by atoms with E-state index in [4.69, 9.17) is 10.5 Å². The summed E-state index contributed by atoms with van der Waals surface area (Å²) in [5, 5.41) is 12.5. The van der Waals surface area contributed by atoms with E-state index in [2.05, 4.69) is 12.2 Å². The average molecular weight is 252 g/mol. The molecule has 102 valence electrons. The molecule has 0 aliphatic carbocycles. The van der Waals surface area contributed by atoms with Crippen molar-refractivity contribution >= 4 is 11.4 Å². The van der Waals surface area contributed by atoms with Crippen molar-refractivity contribution < 1.29 is 9.84 Å². The summed E-state index contributed by atoms with van der Waals surface area (Å²) in [5.41, 5.74) is 7.35. The Kier molecular flexibility index (Phi) is 5.28. The molecule has 0 aliphatic rings. The monoisotopic (exact) mass is 252 g/mol. The summed E-state index contributed by atoms with van der Waals surface area (Å²) in [6.07, 6.45) is 0.953. The smallest absolute Gasteiger partial charge is 0.144 e. The molecule has 0 aromatic heterocycles. The summed E-state index contributed by atoms with van der Waals surface area (Å²) in [5.74, 6) is 0.712. The molecule has 1 aromatic carbocycles. The highest BCUT2D eigenvalue weighted by Crippen LogP contribution is 2.30. The van der Waals surface area contributed by atoms with Gasteiger partial charge in [0.2, 0.25) is 0 Å². The van der Waals surface area contributed by atoms with Crippen LogP contribution in [0.4, 0.5) is 11.4 Å². The number of ether oxygens (including phenoxy) is 1. The van der Waals surface area contributed by atoms with Gasteiger partial charge in [-0.1, -0.05) is 26.8 Å². The average Bonchev–Trinajstić information content (AvgIpc) is 2.36. The van der Waals surface area contributed by atoms with E-state index in [-0.39, 0.29) is 12.0 Å². The lowest BCUT2D eigenvalue weighted by Gasteiger charge is -2.23. The number of aliphatic hydroxyl groups is 1. The molecule has 0 saturated heterocycles. The third-order valence-corrected chi connectivity index (χ3v) is 2.71. The van der Waals surface area contributed by atoms with Crippen molar-refractivity contribution in [1.82, 2.24) is 0 Å². The number of hydrogen-bond acceptors (Lipinski definition) is 4. The second kappa shape index (κ2) is 6.50. The van der Waals surface area contributed by atoms with E-state index in [1.807, 2.05) is 32.0 Å². The van der Waals surface area contributed by atoms with Gasteiger partial charge in [0, 0.05) is 18.6 Å². The number of nitrogens with two attached hydrogens (primary N) is 1. The summed E-state index contributed by atoms with van der Waals surface area (Å²) in [4.78, 5) is 0. The summed E-state index contributed by atoms with van der Waals surface area (Å²) in [7, 11) is 0. The van der Waals surface area contributed by atoms with Crippen molar-refractivity contribution in [2.75, 3.05) is 30.8 Å². The van der Waals surface area contributed by atoms with E-state index in [1.54, 1.807) is 0 Å². The maximum atomic E-state index is 9.22. The Morgan fingerprint density at radius 2 is 2.11 bits per heavy atom. The van der Waals surface area contributed by atoms with E-state index >= 15 is 0 Å². The van der Waals surface area contributed by atoms with Crippen molar-refractivity contribution in [3.05, 3.63) is 18.2 Å². The largest absolute Gasteiger partial charge is 0.491 e. The van der Waals surface area contributed by atoms with Crippen LogP contribution in [0.1, 0.15) is 27.2 Å². The lowest BCUT2D eigenvalue weighted by Crippen LogP contribution is -2.27. The number of benzene rings is 1. The van der Waals surface area contributed by atoms with Crippen LogP contribution in [0.5, 0.6) is 5.75 Å². The first-order valence-electron chi connectivity index (χ1n) is 6.36. The molecule has 0 bridgehead atoms. The minimum absolute atomic E-state index is 0.131. The number of hydrogen-bond donors (Lipinski definition) is 3. The summed E-state index contributed by atoms with van der Waals surface area (Å²) in [6, 6.07) is 5.70. The van der Waals surface area contributed by atoms with Crippen molar-refractivity contribution in [2.45, 2.75) is 27.2 Å². The Labute approximate surface area is 109 Å². The van der Waals surface area contributed by atoms with Crippen LogP contribution in [0, 0.1) is 5.41 Å². The highest BCUT2D eigenvalue weighted by Gasteiger charge is 2.16. The quantitative estimate of drug-likeness (QED) is 0.652. The molecule has 0 aliphatic heterocycles. The Morgan fingerprint density at radius 3 is 2.72 bits per heavy atom. The number of rotatable bonds is 7. The van der Waals surface area contributed by atoms with Crippen LogP contribution in [-0.4, -0.2) is 24.9 Å². The fourth-order valence-electron chi connectivity index (χ4n) is 1.43. The predicted octanol–water partition coefficient (Wildman–Crippen LogP) is 2.49. The maximum absolute atomic E-state index is 9.22. The van der Waals surface area contributed by atoms with Gasteiger partial charge in [0.25, 0.3) is 0 Å². The molecule has 0 unspecified atom stereocenters. The molecule has 0 amide bonds. The Bertz CT molecular complexity index is 378. The van der Waals surface area contributed by atoms with Gasteiger partial charge in [0.1, 0.15) is 5.75 Å². The fraction of sp³-hybridized carbons (Fsp3) is 0.571. The molecule has 0 saturated carbocycles. The van der Waals surface area contributed by atoms with Crippen LogP contribution in [0.3, 0.4) is 0 Å². The van der Waals surface area contributed by atoms with Crippen LogP contribution >= 0.6 is 0 Å². The summed E-state index contributed by atoms with van der Waals surface area (Å²) < 4.78 is 5.57. The first kappa shape index (κ1) is 14.6. The molecule has 4 N–H and O–H groups in total. The first-order chi connectivity index (χ1) is 8.50. The number of nitrogens with one attached hydrogen (secondary N) is 1. The highest BCUT2D eigenvalue weighted by atomic mass is 16.5. The topological polar surface area (TPSA) is 67.5 Å². The van der Waals surface area contributed by atoms with E-state index < -0.39 is 0 Å². The normalized spacial score (nSPS) is 11.3. The maximum Gasteiger partial charge on any atom is 0.144 e. The zero-order valence-electron chi connectivity index (χ0n) is 11.5. The SMILES string of the molecule is CCCOc1cccc(NCC(C)(C)CO)c1N. The second-order valence-corrected chi connectivity index (χ2v) is 5.24. The van der Waals surface area contributed by atoms with Crippen LogP contribution in [-0.2, 0) is 0 Å². The Hall–Kier alpha value is -1.42. The van der Waals surface area contributed by atoms with Gasteiger partial charge < -0.3 is 20.9 Å². The van der Waals surface area contributed by atoms with Crippen LogP contribution in [0.2, 0.25) is 0 Å². The molecular weight excluding hydrogens is 228 g/mol. The van der Waals surface area contributed by atoms with Gasteiger partial charge in [-0.3, -0.25) is 0 Å². The van der Waals surface area contributed by atoms with Gasteiger partial charge in [-0.2, -0.15) is 0 Å². The van der Waals surface area contributed by atoms with Crippen molar-refractivity contribution in [3.8, 4) is 5.75 Å². The van der Waals surface area contributed by atoms with Gasteiger partial charge in [-0.05, 0) is 18.6 Å². The zero-order valence-corrected chi connectivity index (χ0v) is 11.5. The van der Waals surface area contributed by atoms with Crippen molar-refractivity contribution in [2.24, 2.45) is 5.41 Å². The molecular formula is C14H24N2O2. The molecule has 0 spiro atoms. The molecule has 18 heavy (non-hydrogen) atoms. The van der Waals surface area contributed by atoms with Crippen molar-refractivity contribution in [3.63, 3.8) is 0 Å². The van der Waals surface area contributed by atoms with Crippen LogP contribution in [0.15, 0.2) is 18.2 Å². The molecule has 1 aromatic rings. The Balaban J connectivity index is 2.71. The first-order valence-corrected chi connectivity index (χ1v) is 6.36. The van der Waals surface area contributed by atoms with E-state index in [0.717, 1.165) is 12.1 Å².